The Morgan fingerprint density at radius 1 is 0.833 bits per heavy atom. The Bertz CT molecular complexity index is 234. The van der Waals surface area contributed by atoms with Gasteiger partial charge in [0.2, 0.25) is 0 Å². The number of aliphatic hydroxyl groups excluding tert-OH is 2. The maximum Gasteiger partial charge on any atom is 0.178 e. The molecule has 0 fully saturated rings. The highest BCUT2D eigenvalue weighted by molar-refractivity contribution is 5.24. The lowest BCUT2D eigenvalue weighted by atomic mass is 10.1. The second kappa shape index (κ2) is 3.64. The van der Waals surface area contributed by atoms with Crippen molar-refractivity contribution in [2.24, 2.45) is 0 Å². The zero-order valence-electron chi connectivity index (χ0n) is 6.25. The van der Waals surface area contributed by atoms with E-state index in [2.05, 4.69) is 0 Å². The van der Waals surface area contributed by atoms with Gasteiger partial charge in [-0.05, 0) is 6.07 Å². The van der Waals surface area contributed by atoms with Crippen molar-refractivity contribution >= 4 is 0 Å². The summed E-state index contributed by atoms with van der Waals surface area (Å²) in [6.07, 6.45) is -3.16. The zero-order chi connectivity index (χ0) is 9.14. The molecule has 0 aliphatic rings. The van der Waals surface area contributed by atoms with Crippen LogP contribution in [0, 0.1) is 0 Å². The summed E-state index contributed by atoms with van der Waals surface area (Å²) < 4.78 is 0. The highest BCUT2D eigenvalue weighted by Gasteiger charge is 2.06. The summed E-state index contributed by atoms with van der Waals surface area (Å²) in [6.45, 7) is 0. The number of benzene rings is 1. The van der Waals surface area contributed by atoms with Gasteiger partial charge in [-0.2, -0.15) is 0 Å². The molecule has 0 aliphatic heterocycles. The smallest absolute Gasteiger partial charge is 0.178 e. The molecule has 0 saturated heterocycles. The van der Waals surface area contributed by atoms with Gasteiger partial charge in [0.1, 0.15) is 0 Å². The highest BCUT2D eigenvalue weighted by Crippen LogP contribution is 2.15. The second-order valence-corrected chi connectivity index (χ2v) is 2.42. The normalized spacial score (nSPS) is 11.2. The van der Waals surface area contributed by atoms with Gasteiger partial charge in [0, 0.05) is 11.1 Å². The number of rotatable bonds is 2. The molecular weight excluding hydrogens is 160 g/mol. The van der Waals surface area contributed by atoms with Crippen LogP contribution in [0.1, 0.15) is 23.7 Å². The monoisotopic (exact) mass is 170 g/mol. The molecule has 0 unspecified atom stereocenters. The van der Waals surface area contributed by atoms with Crippen LogP contribution in [0.15, 0.2) is 24.3 Å². The van der Waals surface area contributed by atoms with E-state index in [9.17, 15) is 0 Å². The van der Waals surface area contributed by atoms with Crippen molar-refractivity contribution in [3.8, 4) is 0 Å². The second-order valence-electron chi connectivity index (χ2n) is 2.42. The lowest BCUT2D eigenvalue weighted by Crippen LogP contribution is -1.99. The number of hydrogen-bond donors (Lipinski definition) is 4. The lowest BCUT2D eigenvalue weighted by Gasteiger charge is -2.07. The van der Waals surface area contributed by atoms with Crippen molar-refractivity contribution < 1.29 is 20.4 Å². The van der Waals surface area contributed by atoms with Crippen molar-refractivity contribution in [3.05, 3.63) is 35.4 Å². The largest absolute Gasteiger partial charge is 0.364 e. The minimum atomic E-state index is -1.58. The molecular formula is C8H10O4. The van der Waals surface area contributed by atoms with Crippen LogP contribution in [-0.4, -0.2) is 20.4 Å². The molecule has 0 aliphatic carbocycles. The van der Waals surface area contributed by atoms with Gasteiger partial charge < -0.3 is 20.4 Å². The van der Waals surface area contributed by atoms with Gasteiger partial charge in [-0.3, -0.25) is 0 Å². The van der Waals surface area contributed by atoms with Crippen molar-refractivity contribution in [2.45, 2.75) is 12.6 Å². The van der Waals surface area contributed by atoms with E-state index in [1.54, 1.807) is 0 Å². The average molecular weight is 170 g/mol. The van der Waals surface area contributed by atoms with Crippen LogP contribution in [-0.2, 0) is 0 Å². The Labute approximate surface area is 69.3 Å². The third-order valence-corrected chi connectivity index (χ3v) is 1.51. The number of hydrogen-bond acceptors (Lipinski definition) is 4. The fraction of sp³-hybridized carbons (Fsp3) is 0.250. The van der Waals surface area contributed by atoms with Crippen LogP contribution in [0.2, 0.25) is 0 Å². The first-order valence-electron chi connectivity index (χ1n) is 3.43. The first kappa shape index (κ1) is 9.15. The fourth-order valence-electron chi connectivity index (χ4n) is 0.880. The third kappa shape index (κ3) is 2.02. The summed E-state index contributed by atoms with van der Waals surface area (Å²) in [5.74, 6) is 0. The van der Waals surface area contributed by atoms with E-state index in [0.717, 1.165) is 0 Å². The predicted octanol–water partition coefficient (Wildman–Crippen LogP) is -0.347. The summed E-state index contributed by atoms with van der Waals surface area (Å²) in [5, 5.41) is 34.9. The third-order valence-electron chi connectivity index (χ3n) is 1.51. The van der Waals surface area contributed by atoms with Crippen LogP contribution in [0.5, 0.6) is 0 Å². The maximum absolute atomic E-state index is 8.72. The molecule has 0 amide bonds. The van der Waals surface area contributed by atoms with Crippen LogP contribution >= 0.6 is 0 Å². The molecule has 0 saturated carbocycles. The Morgan fingerprint density at radius 2 is 1.25 bits per heavy atom. The van der Waals surface area contributed by atoms with Gasteiger partial charge in [0.05, 0.1) is 0 Å². The Morgan fingerprint density at radius 3 is 1.58 bits per heavy atom. The Kier molecular flexibility index (Phi) is 2.78. The standard InChI is InChI=1S/C8H10O4/c9-7(10)5-2-1-3-6(4-5)8(11)12/h1-4,7-12H. The first-order chi connectivity index (χ1) is 5.61. The molecule has 0 heterocycles. The molecule has 0 atom stereocenters. The van der Waals surface area contributed by atoms with E-state index in [0.29, 0.717) is 0 Å². The minimum absolute atomic E-state index is 0.237. The van der Waals surface area contributed by atoms with E-state index in [-0.39, 0.29) is 11.1 Å². The molecule has 12 heavy (non-hydrogen) atoms. The van der Waals surface area contributed by atoms with Gasteiger partial charge in [-0.1, -0.05) is 18.2 Å². The van der Waals surface area contributed by atoms with E-state index < -0.39 is 12.6 Å². The molecule has 0 bridgehead atoms. The van der Waals surface area contributed by atoms with Crippen LogP contribution < -0.4 is 0 Å². The molecule has 1 aromatic rings. The molecule has 4 N–H and O–H groups in total. The highest BCUT2D eigenvalue weighted by atomic mass is 16.5. The molecule has 1 aromatic carbocycles. The fourth-order valence-corrected chi connectivity index (χ4v) is 0.880. The maximum atomic E-state index is 8.72. The predicted molar refractivity (Wildman–Crippen MR) is 40.8 cm³/mol. The topological polar surface area (TPSA) is 80.9 Å². The van der Waals surface area contributed by atoms with Gasteiger partial charge in [0.25, 0.3) is 0 Å². The minimum Gasteiger partial charge on any atom is -0.364 e. The first-order valence-corrected chi connectivity index (χ1v) is 3.43. The molecule has 0 spiro atoms. The summed E-state index contributed by atoms with van der Waals surface area (Å²) in [6, 6.07) is 5.80. The van der Waals surface area contributed by atoms with Crippen molar-refractivity contribution in [2.75, 3.05) is 0 Å². The Hall–Kier alpha value is -0.940. The van der Waals surface area contributed by atoms with Gasteiger partial charge in [-0.15, -0.1) is 0 Å². The van der Waals surface area contributed by atoms with E-state index in [1.807, 2.05) is 0 Å². The van der Waals surface area contributed by atoms with Crippen LogP contribution in [0.3, 0.4) is 0 Å². The summed E-state index contributed by atoms with van der Waals surface area (Å²) in [5.41, 5.74) is 0.473. The molecule has 4 nitrogen and oxygen atoms in total. The zero-order valence-corrected chi connectivity index (χ0v) is 6.25. The average Bonchev–Trinajstić information content (AvgIpc) is 2.04. The van der Waals surface area contributed by atoms with Crippen LogP contribution in [0.25, 0.3) is 0 Å². The summed E-state index contributed by atoms with van der Waals surface area (Å²) in [4.78, 5) is 0. The van der Waals surface area contributed by atoms with E-state index in [1.165, 1.54) is 24.3 Å². The quantitative estimate of drug-likeness (QED) is 0.457. The Balaban J connectivity index is 2.96. The van der Waals surface area contributed by atoms with Crippen molar-refractivity contribution in [1.82, 2.24) is 0 Å². The molecule has 0 radical (unpaired) electrons. The van der Waals surface area contributed by atoms with Crippen molar-refractivity contribution in [1.29, 1.82) is 0 Å². The van der Waals surface area contributed by atoms with Crippen LogP contribution in [0.4, 0.5) is 0 Å². The van der Waals surface area contributed by atoms with Gasteiger partial charge in [0.15, 0.2) is 12.6 Å². The molecule has 1 rings (SSSR count). The van der Waals surface area contributed by atoms with E-state index >= 15 is 0 Å². The van der Waals surface area contributed by atoms with Gasteiger partial charge >= 0.3 is 0 Å². The SMILES string of the molecule is OC(O)c1cccc(C(O)O)c1. The lowest BCUT2D eigenvalue weighted by molar-refractivity contribution is -0.0474. The molecule has 66 valence electrons. The van der Waals surface area contributed by atoms with E-state index in [4.69, 9.17) is 20.4 Å². The summed E-state index contributed by atoms with van der Waals surface area (Å²) in [7, 11) is 0. The molecule has 4 heteroatoms. The molecule has 0 aromatic heterocycles. The number of aliphatic hydroxyl groups is 4. The van der Waals surface area contributed by atoms with Gasteiger partial charge in [-0.25, -0.2) is 0 Å². The summed E-state index contributed by atoms with van der Waals surface area (Å²) >= 11 is 0. The van der Waals surface area contributed by atoms with Crippen molar-refractivity contribution in [3.63, 3.8) is 0 Å².